The molecule has 0 aromatic heterocycles. The molecule has 0 fully saturated rings. The fraction of sp³-hybridized carbons (Fsp3) is 0.533. The number of rotatable bonds is 8. The van der Waals surface area contributed by atoms with Crippen LogP contribution in [-0.2, 0) is 21.2 Å². The summed E-state index contributed by atoms with van der Waals surface area (Å²) in [4.78, 5) is 13.8. The lowest BCUT2D eigenvalue weighted by atomic mass is 10.1. The van der Waals surface area contributed by atoms with Crippen LogP contribution in [0, 0.1) is 0 Å². The quantitative estimate of drug-likeness (QED) is 0.738. The van der Waals surface area contributed by atoms with E-state index in [4.69, 9.17) is 0 Å². The predicted molar refractivity (Wildman–Crippen MR) is 89.5 cm³/mol. The lowest BCUT2D eigenvalue weighted by Crippen LogP contribution is -2.36. The number of hydrogen-bond acceptors (Lipinski definition) is 4. The summed E-state index contributed by atoms with van der Waals surface area (Å²) in [6.07, 6.45) is 1.95. The second-order valence-corrected chi connectivity index (χ2v) is 7.48. The van der Waals surface area contributed by atoms with Crippen molar-refractivity contribution in [2.45, 2.75) is 25.8 Å². The molecule has 1 atom stereocenters. The van der Waals surface area contributed by atoms with Crippen LogP contribution in [0.4, 0.5) is 5.69 Å². The van der Waals surface area contributed by atoms with Gasteiger partial charge < -0.3 is 10.2 Å². The molecule has 0 saturated carbocycles. The van der Waals surface area contributed by atoms with E-state index in [1.165, 1.54) is 0 Å². The second-order valence-electron chi connectivity index (χ2n) is 5.65. The van der Waals surface area contributed by atoms with Gasteiger partial charge in [-0.05, 0) is 31.0 Å². The molecule has 1 rings (SSSR count). The fourth-order valence-electron chi connectivity index (χ4n) is 2.03. The zero-order valence-electron chi connectivity index (χ0n) is 13.6. The van der Waals surface area contributed by atoms with Crippen LogP contribution >= 0.6 is 0 Å². The molecule has 0 aliphatic carbocycles. The molecule has 2 N–H and O–H groups in total. The van der Waals surface area contributed by atoms with Crippen LogP contribution in [0.25, 0.3) is 0 Å². The minimum Gasteiger partial charge on any atom is -0.378 e. The largest absolute Gasteiger partial charge is 0.378 e. The highest BCUT2D eigenvalue weighted by atomic mass is 32.2. The van der Waals surface area contributed by atoms with Crippen molar-refractivity contribution in [1.29, 1.82) is 0 Å². The number of carbonyl (C=O) groups is 1. The Balaban J connectivity index is 2.38. The maximum atomic E-state index is 11.7. The number of carbonyl (C=O) groups excluding carboxylic acids is 1. The zero-order chi connectivity index (χ0) is 16.8. The van der Waals surface area contributed by atoms with Gasteiger partial charge in [-0.15, -0.1) is 0 Å². The van der Waals surface area contributed by atoms with Crippen molar-refractivity contribution in [1.82, 2.24) is 10.0 Å². The molecule has 0 spiro atoms. The number of amides is 1. The molecule has 0 bridgehead atoms. The van der Waals surface area contributed by atoms with Gasteiger partial charge in [-0.25, -0.2) is 13.1 Å². The topological polar surface area (TPSA) is 78.5 Å². The Hall–Kier alpha value is -1.60. The summed E-state index contributed by atoms with van der Waals surface area (Å²) in [6, 6.07) is 8.17. The van der Waals surface area contributed by atoms with Crippen LogP contribution in [0.15, 0.2) is 24.3 Å². The Morgan fingerprint density at radius 1 is 1.23 bits per heavy atom. The summed E-state index contributed by atoms with van der Waals surface area (Å²) in [5.41, 5.74) is 2.28. The van der Waals surface area contributed by atoms with Gasteiger partial charge in [0.05, 0.1) is 6.26 Å². The summed E-state index contributed by atoms with van der Waals surface area (Å²) in [5, 5.41) is 2.87. The van der Waals surface area contributed by atoms with Gasteiger partial charge in [0.15, 0.2) is 0 Å². The SMILES string of the molecule is CC(Cc1ccc(N(C)C)cc1)NC(=O)CCNS(C)(=O)=O. The number of hydrogen-bond donors (Lipinski definition) is 2. The van der Waals surface area contributed by atoms with E-state index < -0.39 is 10.0 Å². The van der Waals surface area contributed by atoms with E-state index in [1.807, 2.05) is 50.2 Å². The molecule has 6 nitrogen and oxygen atoms in total. The van der Waals surface area contributed by atoms with Crippen LogP contribution in [0.3, 0.4) is 0 Å². The first-order valence-electron chi connectivity index (χ1n) is 7.17. The third-order valence-electron chi connectivity index (χ3n) is 3.12. The highest BCUT2D eigenvalue weighted by Crippen LogP contribution is 2.13. The molecular formula is C15H25N3O3S. The average Bonchev–Trinajstić information content (AvgIpc) is 2.37. The van der Waals surface area contributed by atoms with E-state index in [-0.39, 0.29) is 24.9 Å². The van der Waals surface area contributed by atoms with E-state index in [1.54, 1.807) is 0 Å². The van der Waals surface area contributed by atoms with E-state index in [2.05, 4.69) is 10.0 Å². The number of sulfonamides is 1. The standard InChI is InChI=1S/C15H25N3O3S/c1-12(17-15(19)9-10-16-22(4,20)21)11-13-5-7-14(8-6-13)18(2)3/h5-8,12,16H,9-11H2,1-4H3,(H,17,19). The molecule has 1 unspecified atom stereocenters. The van der Waals surface area contributed by atoms with Crippen LogP contribution in [0.2, 0.25) is 0 Å². The first-order valence-corrected chi connectivity index (χ1v) is 9.07. The van der Waals surface area contributed by atoms with Gasteiger partial charge in [0.1, 0.15) is 0 Å². The number of nitrogens with zero attached hydrogens (tertiary/aromatic N) is 1. The Morgan fingerprint density at radius 2 is 1.82 bits per heavy atom. The average molecular weight is 327 g/mol. The van der Waals surface area contributed by atoms with Gasteiger partial charge >= 0.3 is 0 Å². The summed E-state index contributed by atoms with van der Waals surface area (Å²) >= 11 is 0. The van der Waals surface area contributed by atoms with E-state index in [0.717, 1.165) is 23.9 Å². The molecular weight excluding hydrogens is 302 g/mol. The zero-order valence-corrected chi connectivity index (χ0v) is 14.4. The van der Waals surface area contributed by atoms with Crippen LogP contribution in [0.5, 0.6) is 0 Å². The normalized spacial score (nSPS) is 12.7. The molecule has 1 aromatic rings. The lowest BCUT2D eigenvalue weighted by molar-refractivity contribution is -0.121. The molecule has 22 heavy (non-hydrogen) atoms. The van der Waals surface area contributed by atoms with E-state index >= 15 is 0 Å². The molecule has 7 heteroatoms. The summed E-state index contributed by atoms with van der Waals surface area (Å²) in [5.74, 6) is -0.159. The summed E-state index contributed by atoms with van der Waals surface area (Å²) in [7, 11) is 0.735. The Kier molecular flexibility index (Phi) is 6.83. The van der Waals surface area contributed by atoms with E-state index in [9.17, 15) is 13.2 Å². The Bertz CT molecular complexity index is 583. The monoisotopic (exact) mass is 327 g/mol. The van der Waals surface area contributed by atoms with E-state index in [0.29, 0.717) is 0 Å². The number of nitrogens with one attached hydrogen (secondary N) is 2. The van der Waals surface area contributed by atoms with Gasteiger partial charge in [0.2, 0.25) is 15.9 Å². The van der Waals surface area contributed by atoms with Crippen LogP contribution in [0.1, 0.15) is 18.9 Å². The molecule has 0 aliphatic rings. The van der Waals surface area contributed by atoms with Crippen molar-refractivity contribution in [3.05, 3.63) is 29.8 Å². The molecule has 0 aliphatic heterocycles. The molecule has 124 valence electrons. The van der Waals surface area contributed by atoms with Crippen molar-refractivity contribution in [3.8, 4) is 0 Å². The third kappa shape index (κ3) is 7.42. The Morgan fingerprint density at radius 3 is 2.32 bits per heavy atom. The first-order chi connectivity index (χ1) is 10.2. The summed E-state index contributed by atoms with van der Waals surface area (Å²) < 4.78 is 24.1. The highest BCUT2D eigenvalue weighted by Gasteiger charge is 2.09. The molecule has 1 aromatic carbocycles. The predicted octanol–water partition coefficient (Wildman–Crippen LogP) is 0.739. The minimum atomic E-state index is -3.24. The smallest absolute Gasteiger partial charge is 0.221 e. The number of anilines is 1. The van der Waals surface area contributed by atoms with Gasteiger partial charge in [-0.3, -0.25) is 4.79 Å². The molecule has 0 radical (unpaired) electrons. The van der Waals surface area contributed by atoms with Crippen LogP contribution < -0.4 is 14.9 Å². The fourth-order valence-corrected chi connectivity index (χ4v) is 2.50. The third-order valence-corrected chi connectivity index (χ3v) is 3.85. The van der Waals surface area contributed by atoms with Crippen LogP contribution in [-0.4, -0.2) is 47.3 Å². The van der Waals surface area contributed by atoms with Crippen molar-refractivity contribution in [2.75, 3.05) is 31.8 Å². The highest BCUT2D eigenvalue weighted by molar-refractivity contribution is 7.88. The van der Waals surface area contributed by atoms with Crippen molar-refractivity contribution < 1.29 is 13.2 Å². The molecule has 0 saturated heterocycles. The lowest BCUT2D eigenvalue weighted by Gasteiger charge is -2.16. The molecule has 1 amide bonds. The maximum Gasteiger partial charge on any atom is 0.221 e. The van der Waals surface area contributed by atoms with Crippen molar-refractivity contribution in [3.63, 3.8) is 0 Å². The first kappa shape index (κ1) is 18.4. The van der Waals surface area contributed by atoms with Gasteiger partial charge in [0, 0.05) is 38.8 Å². The summed E-state index contributed by atoms with van der Waals surface area (Å²) in [6.45, 7) is 2.05. The number of benzene rings is 1. The Labute approximate surface area is 132 Å². The maximum absolute atomic E-state index is 11.7. The van der Waals surface area contributed by atoms with Gasteiger partial charge in [0.25, 0.3) is 0 Å². The molecule has 0 heterocycles. The van der Waals surface area contributed by atoms with Gasteiger partial charge in [-0.2, -0.15) is 0 Å². The second kappa shape index (κ2) is 8.14. The van der Waals surface area contributed by atoms with Gasteiger partial charge in [-0.1, -0.05) is 12.1 Å². The van der Waals surface area contributed by atoms with Crippen molar-refractivity contribution in [2.24, 2.45) is 0 Å². The van der Waals surface area contributed by atoms with Crippen molar-refractivity contribution >= 4 is 21.6 Å². The minimum absolute atomic E-state index is 0.00376.